The Labute approximate surface area is 153 Å². The van der Waals surface area contributed by atoms with E-state index in [0.717, 1.165) is 0 Å². The fraction of sp³-hybridized carbons (Fsp3) is 0.0526. The number of rotatable bonds is 6. The van der Waals surface area contributed by atoms with Gasteiger partial charge in [-0.25, -0.2) is 13.0 Å². The fourth-order valence-electron chi connectivity index (χ4n) is 2.51. The van der Waals surface area contributed by atoms with Gasteiger partial charge in [0.25, 0.3) is 17.4 Å². The van der Waals surface area contributed by atoms with Crippen LogP contribution in [0.3, 0.4) is 0 Å². The Hall–Kier alpha value is -2.24. The molecule has 134 valence electrons. The molecule has 0 heterocycles. The Morgan fingerprint density at radius 1 is 0.769 bits per heavy atom. The van der Waals surface area contributed by atoms with Gasteiger partial charge in [0.2, 0.25) is 0 Å². The van der Waals surface area contributed by atoms with Crippen molar-refractivity contribution in [3.63, 3.8) is 0 Å². The van der Waals surface area contributed by atoms with E-state index >= 15 is 0 Å². The highest BCUT2D eigenvalue weighted by Gasteiger charge is 2.31. The third-order valence-electron chi connectivity index (χ3n) is 3.85. The van der Waals surface area contributed by atoms with Gasteiger partial charge in [0.05, 0.1) is 4.90 Å². The van der Waals surface area contributed by atoms with E-state index in [1.165, 1.54) is 6.07 Å². The van der Waals surface area contributed by atoms with E-state index in [-0.39, 0.29) is 4.90 Å². The molecule has 0 radical (unpaired) electrons. The van der Waals surface area contributed by atoms with Gasteiger partial charge in [0.15, 0.2) is 0 Å². The quantitative estimate of drug-likeness (QED) is 0.521. The zero-order valence-electron chi connectivity index (χ0n) is 14.1. The molecule has 3 aromatic rings. The van der Waals surface area contributed by atoms with Crippen molar-refractivity contribution in [3.05, 3.63) is 90.5 Å². The first-order valence-corrected chi connectivity index (χ1v) is 11.0. The largest absolute Gasteiger partial charge is 0.281 e. The average Bonchev–Trinajstić information content (AvgIpc) is 2.68. The van der Waals surface area contributed by atoms with Crippen molar-refractivity contribution >= 4 is 28.0 Å². The summed E-state index contributed by atoms with van der Waals surface area (Å²) in [5.74, 6) is 0. The van der Waals surface area contributed by atoms with E-state index < -0.39 is 17.4 Å². The number of hydrogen-bond acceptors (Lipinski definition) is 4. The lowest BCUT2D eigenvalue weighted by Gasteiger charge is -2.19. The van der Waals surface area contributed by atoms with E-state index in [1.54, 1.807) is 85.8 Å². The molecule has 1 N–H and O–H groups in total. The third kappa shape index (κ3) is 3.79. The molecular formula is C19H18NO4PS. The molecule has 0 fully saturated rings. The number of hydrogen-bond donors (Lipinski definition) is 1. The minimum Gasteiger partial charge on any atom is -0.281 e. The summed E-state index contributed by atoms with van der Waals surface area (Å²) in [5.41, 5.74) is 0.567. The van der Waals surface area contributed by atoms with Gasteiger partial charge in [0, 0.05) is 10.6 Å². The minimum absolute atomic E-state index is 0.0765. The molecule has 0 aliphatic rings. The molecule has 5 nitrogen and oxygen atoms in total. The Balaban J connectivity index is 1.98. The van der Waals surface area contributed by atoms with Crippen LogP contribution in [-0.4, -0.2) is 8.42 Å². The van der Waals surface area contributed by atoms with Crippen molar-refractivity contribution in [2.24, 2.45) is 0 Å². The van der Waals surface area contributed by atoms with Gasteiger partial charge in [-0.1, -0.05) is 59.5 Å². The zero-order valence-corrected chi connectivity index (χ0v) is 15.8. The summed E-state index contributed by atoms with van der Waals surface area (Å²) in [6.07, 6.45) is 0. The van der Waals surface area contributed by atoms with Crippen LogP contribution in [0.5, 0.6) is 0 Å². The Morgan fingerprint density at radius 3 is 1.73 bits per heavy atom. The molecule has 0 aromatic heterocycles. The number of benzene rings is 3. The van der Waals surface area contributed by atoms with E-state index in [2.05, 4.69) is 4.89 Å². The molecule has 0 amide bonds. The monoisotopic (exact) mass is 387 g/mol. The molecule has 0 unspecified atom stereocenters. The van der Waals surface area contributed by atoms with E-state index in [9.17, 15) is 13.0 Å². The summed E-state index contributed by atoms with van der Waals surface area (Å²) in [4.78, 5) is 2.14. The van der Waals surface area contributed by atoms with Gasteiger partial charge in [-0.2, -0.15) is 0 Å². The van der Waals surface area contributed by atoms with E-state index in [0.29, 0.717) is 16.2 Å². The van der Waals surface area contributed by atoms with Gasteiger partial charge in [-0.15, -0.1) is 0 Å². The van der Waals surface area contributed by atoms with Crippen molar-refractivity contribution in [2.75, 3.05) is 0 Å². The first-order chi connectivity index (χ1) is 12.4. The number of nitrogens with one attached hydrogen (secondary N) is 1. The molecular weight excluding hydrogens is 369 g/mol. The molecule has 0 saturated carbocycles. The zero-order chi connectivity index (χ0) is 18.6. The maximum absolute atomic E-state index is 13.6. The van der Waals surface area contributed by atoms with Crippen molar-refractivity contribution in [2.45, 2.75) is 11.8 Å². The van der Waals surface area contributed by atoms with Crippen LogP contribution in [0.15, 0.2) is 89.8 Å². The smallest absolute Gasteiger partial charge is 0.278 e. The summed E-state index contributed by atoms with van der Waals surface area (Å²) in [6, 6.07) is 23.6. The third-order valence-corrected chi connectivity index (χ3v) is 7.62. The van der Waals surface area contributed by atoms with Gasteiger partial charge in [0.1, 0.15) is 0 Å². The Bertz CT molecular complexity index is 994. The topological polar surface area (TPSA) is 72.5 Å². The Kier molecular flexibility index (Phi) is 5.39. The summed E-state index contributed by atoms with van der Waals surface area (Å²) >= 11 is 0. The molecule has 0 saturated heterocycles. The predicted molar refractivity (Wildman–Crippen MR) is 102 cm³/mol. The first kappa shape index (κ1) is 18.5. The Morgan fingerprint density at radius 2 is 1.23 bits per heavy atom. The molecule has 26 heavy (non-hydrogen) atoms. The molecule has 0 spiro atoms. The standard InChI is InChI=1S/C19H18NO4PS/c1-16-10-8-9-15-19(16)26(22,23)20-24-25(21,17-11-4-2-5-12-17)18-13-6-3-7-14-18/h2-15,20H,1H3. The van der Waals surface area contributed by atoms with Gasteiger partial charge >= 0.3 is 0 Å². The second kappa shape index (κ2) is 7.56. The molecule has 7 heteroatoms. The summed E-state index contributed by atoms with van der Waals surface area (Å²) in [5, 5.41) is 0.803. The van der Waals surface area contributed by atoms with Crippen LogP contribution < -0.4 is 15.5 Å². The molecule has 0 atom stereocenters. The molecule has 0 bridgehead atoms. The van der Waals surface area contributed by atoms with Crippen molar-refractivity contribution < 1.29 is 17.6 Å². The number of sulfonamides is 1. The maximum Gasteiger partial charge on any atom is 0.278 e. The van der Waals surface area contributed by atoms with Crippen molar-refractivity contribution in [3.8, 4) is 0 Å². The highest BCUT2D eigenvalue weighted by molar-refractivity contribution is 7.89. The molecule has 3 aromatic carbocycles. The van der Waals surface area contributed by atoms with Crippen LogP contribution in [0.2, 0.25) is 0 Å². The predicted octanol–water partition coefficient (Wildman–Crippen LogP) is 3.13. The maximum atomic E-state index is 13.6. The van der Waals surface area contributed by atoms with Crippen molar-refractivity contribution in [1.82, 2.24) is 4.89 Å². The lowest BCUT2D eigenvalue weighted by atomic mass is 10.2. The van der Waals surface area contributed by atoms with Crippen LogP contribution in [0.1, 0.15) is 5.56 Å². The average molecular weight is 387 g/mol. The highest BCUT2D eigenvalue weighted by atomic mass is 32.2. The highest BCUT2D eigenvalue weighted by Crippen LogP contribution is 2.43. The summed E-state index contributed by atoms with van der Waals surface area (Å²) in [7, 11) is -7.63. The normalized spacial score (nSPS) is 12.0. The van der Waals surface area contributed by atoms with Crippen LogP contribution in [0.25, 0.3) is 0 Å². The molecule has 0 aliphatic heterocycles. The first-order valence-electron chi connectivity index (χ1n) is 7.91. The summed E-state index contributed by atoms with van der Waals surface area (Å²) < 4.78 is 44.2. The van der Waals surface area contributed by atoms with Gasteiger partial charge in [-0.3, -0.25) is 4.57 Å². The molecule has 3 rings (SSSR count). The molecule has 0 aliphatic carbocycles. The lowest BCUT2D eigenvalue weighted by Crippen LogP contribution is -2.29. The van der Waals surface area contributed by atoms with Gasteiger partial charge < -0.3 is 0 Å². The second-order valence-electron chi connectivity index (χ2n) is 5.67. The van der Waals surface area contributed by atoms with Crippen LogP contribution in [0, 0.1) is 6.92 Å². The van der Waals surface area contributed by atoms with E-state index in [1.807, 2.05) is 0 Å². The van der Waals surface area contributed by atoms with Crippen LogP contribution >= 0.6 is 7.37 Å². The minimum atomic E-state index is -3.98. The summed E-state index contributed by atoms with van der Waals surface area (Å²) in [6.45, 7) is 1.68. The SMILES string of the molecule is Cc1ccccc1S(=O)(=O)NOP(=O)(c1ccccc1)c1ccccc1. The second-order valence-corrected chi connectivity index (χ2v) is 9.60. The lowest BCUT2D eigenvalue weighted by molar-refractivity contribution is 0.280. The fourth-order valence-corrected chi connectivity index (χ4v) is 5.80. The van der Waals surface area contributed by atoms with Crippen LogP contribution in [0.4, 0.5) is 0 Å². The van der Waals surface area contributed by atoms with Crippen molar-refractivity contribution in [1.29, 1.82) is 0 Å². The van der Waals surface area contributed by atoms with E-state index in [4.69, 9.17) is 4.62 Å². The number of aryl methyl sites for hydroxylation is 1. The van der Waals surface area contributed by atoms with Crippen LogP contribution in [-0.2, 0) is 19.2 Å². The van der Waals surface area contributed by atoms with Gasteiger partial charge in [-0.05, 0) is 42.8 Å².